The zero-order chi connectivity index (χ0) is 16.1. The fraction of sp³-hybridized carbons (Fsp3) is 0.632. The van der Waals surface area contributed by atoms with Gasteiger partial charge in [-0.25, -0.2) is 0 Å². The predicted octanol–water partition coefficient (Wildman–Crippen LogP) is 3.14. The fourth-order valence-corrected chi connectivity index (χ4v) is 3.95. The van der Waals surface area contributed by atoms with Gasteiger partial charge in [0.15, 0.2) is 0 Å². The summed E-state index contributed by atoms with van der Waals surface area (Å²) in [5.74, 6) is 1.44. The van der Waals surface area contributed by atoms with E-state index in [9.17, 15) is 4.79 Å². The van der Waals surface area contributed by atoms with Gasteiger partial charge in [0.1, 0.15) is 5.75 Å². The van der Waals surface area contributed by atoms with E-state index in [1.807, 2.05) is 18.2 Å². The van der Waals surface area contributed by atoms with Crippen molar-refractivity contribution in [3.63, 3.8) is 0 Å². The fourth-order valence-electron chi connectivity index (χ4n) is 3.95. The van der Waals surface area contributed by atoms with Crippen LogP contribution in [0.3, 0.4) is 0 Å². The first-order valence-corrected chi connectivity index (χ1v) is 8.95. The Morgan fingerprint density at radius 1 is 1.17 bits per heavy atom. The van der Waals surface area contributed by atoms with E-state index in [0.29, 0.717) is 5.91 Å². The van der Waals surface area contributed by atoms with Crippen molar-refractivity contribution in [3.8, 4) is 5.75 Å². The lowest BCUT2D eigenvalue weighted by Crippen LogP contribution is -2.50. The first kappa shape index (κ1) is 16.3. The van der Waals surface area contributed by atoms with Crippen molar-refractivity contribution in [1.82, 2.24) is 10.2 Å². The molecule has 1 atom stereocenters. The maximum Gasteiger partial charge on any atom is 0.226 e. The van der Waals surface area contributed by atoms with Crippen molar-refractivity contribution in [2.45, 2.75) is 44.6 Å². The van der Waals surface area contributed by atoms with Crippen molar-refractivity contribution in [2.75, 3.05) is 26.7 Å². The van der Waals surface area contributed by atoms with E-state index in [2.05, 4.69) is 16.3 Å². The van der Waals surface area contributed by atoms with E-state index in [0.717, 1.165) is 43.8 Å². The number of amides is 1. The second-order valence-corrected chi connectivity index (χ2v) is 6.68. The number of piperazine rings is 1. The number of ether oxygens (including phenoxy) is 1. The van der Waals surface area contributed by atoms with E-state index in [1.165, 1.54) is 25.7 Å². The Morgan fingerprint density at radius 2 is 1.91 bits per heavy atom. The summed E-state index contributed by atoms with van der Waals surface area (Å²) in [6, 6.07) is 8.16. The van der Waals surface area contributed by atoms with Gasteiger partial charge in [0.25, 0.3) is 0 Å². The minimum atomic E-state index is 0.0793. The first-order valence-electron chi connectivity index (χ1n) is 8.95. The Hall–Kier alpha value is -1.55. The van der Waals surface area contributed by atoms with Crippen LogP contribution < -0.4 is 10.1 Å². The molecule has 126 valence electrons. The van der Waals surface area contributed by atoms with E-state index in [1.54, 1.807) is 7.11 Å². The third kappa shape index (κ3) is 3.69. The molecule has 1 aromatic carbocycles. The molecule has 1 saturated carbocycles. The normalized spacial score (nSPS) is 23.3. The maximum atomic E-state index is 13.1. The van der Waals surface area contributed by atoms with E-state index < -0.39 is 0 Å². The zero-order valence-corrected chi connectivity index (χ0v) is 14.1. The number of hydrogen-bond donors (Lipinski definition) is 1. The average molecular weight is 316 g/mol. The van der Waals surface area contributed by atoms with Gasteiger partial charge in [-0.05, 0) is 18.9 Å². The number of nitrogens with zero attached hydrogens (tertiary/aromatic N) is 1. The van der Waals surface area contributed by atoms with Gasteiger partial charge in [-0.1, -0.05) is 43.9 Å². The number of methoxy groups -OCH3 is 1. The molecule has 4 nitrogen and oxygen atoms in total. The number of carbonyl (C=O) groups excluding carboxylic acids is 1. The van der Waals surface area contributed by atoms with E-state index >= 15 is 0 Å². The van der Waals surface area contributed by atoms with Crippen LogP contribution in [0, 0.1) is 5.92 Å². The highest BCUT2D eigenvalue weighted by molar-refractivity contribution is 5.79. The summed E-state index contributed by atoms with van der Waals surface area (Å²) in [6.45, 7) is 2.47. The molecule has 4 heteroatoms. The SMILES string of the molecule is COc1ccccc1C1CNCCN1C(=O)C1CCCCCC1. The molecule has 0 aromatic heterocycles. The molecule has 1 aromatic rings. The molecule has 2 aliphatic rings. The van der Waals surface area contributed by atoms with Crippen molar-refractivity contribution in [1.29, 1.82) is 0 Å². The quantitative estimate of drug-likeness (QED) is 0.871. The summed E-state index contributed by atoms with van der Waals surface area (Å²) in [4.78, 5) is 15.2. The monoisotopic (exact) mass is 316 g/mol. The van der Waals surface area contributed by atoms with Crippen LogP contribution in [0.2, 0.25) is 0 Å². The average Bonchev–Trinajstić information content (AvgIpc) is 2.90. The molecule has 2 fully saturated rings. The molecule has 0 spiro atoms. The Morgan fingerprint density at radius 3 is 2.65 bits per heavy atom. The molecular weight excluding hydrogens is 288 g/mol. The molecule has 1 amide bonds. The third-order valence-corrected chi connectivity index (χ3v) is 5.23. The summed E-state index contributed by atoms with van der Waals surface area (Å²) in [5, 5.41) is 3.44. The molecular formula is C19H28N2O2. The molecule has 0 bridgehead atoms. The van der Waals surface area contributed by atoms with Crippen LogP contribution in [0.4, 0.5) is 0 Å². The number of benzene rings is 1. The topological polar surface area (TPSA) is 41.6 Å². The number of rotatable bonds is 3. The Labute approximate surface area is 139 Å². The van der Waals surface area contributed by atoms with Crippen molar-refractivity contribution in [3.05, 3.63) is 29.8 Å². The molecule has 1 saturated heterocycles. The Kier molecular flexibility index (Phi) is 5.55. The molecule has 23 heavy (non-hydrogen) atoms. The highest BCUT2D eigenvalue weighted by atomic mass is 16.5. The summed E-state index contributed by atoms with van der Waals surface area (Å²) in [5.41, 5.74) is 1.11. The molecule has 1 N–H and O–H groups in total. The van der Waals surface area contributed by atoms with Crippen LogP contribution in [0.15, 0.2) is 24.3 Å². The Balaban J connectivity index is 1.82. The van der Waals surface area contributed by atoms with E-state index in [-0.39, 0.29) is 12.0 Å². The van der Waals surface area contributed by atoms with Crippen LogP contribution in [0.25, 0.3) is 0 Å². The molecule has 1 aliphatic carbocycles. The van der Waals surface area contributed by atoms with Gasteiger partial charge < -0.3 is 15.0 Å². The first-order chi connectivity index (χ1) is 11.3. The number of hydrogen-bond acceptors (Lipinski definition) is 3. The van der Waals surface area contributed by atoms with Crippen LogP contribution in [-0.2, 0) is 4.79 Å². The van der Waals surface area contributed by atoms with Gasteiger partial charge >= 0.3 is 0 Å². The van der Waals surface area contributed by atoms with Gasteiger partial charge in [-0.2, -0.15) is 0 Å². The van der Waals surface area contributed by atoms with Crippen LogP contribution in [-0.4, -0.2) is 37.6 Å². The van der Waals surface area contributed by atoms with Gasteiger partial charge in [0.2, 0.25) is 5.91 Å². The molecule has 0 radical (unpaired) electrons. The summed E-state index contributed by atoms with van der Waals surface area (Å²) in [6.07, 6.45) is 7.06. The highest BCUT2D eigenvalue weighted by Gasteiger charge is 2.33. The summed E-state index contributed by atoms with van der Waals surface area (Å²) < 4.78 is 5.53. The highest BCUT2D eigenvalue weighted by Crippen LogP contribution is 2.33. The van der Waals surface area contributed by atoms with Gasteiger partial charge in [0, 0.05) is 31.1 Å². The van der Waals surface area contributed by atoms with Crippen LogP contribution in [0.5, 0.6) is 5.75 Å². The third-order valence-electron chi connectivity index (χ3n) is 5.23. The number of nitrogens with one attached hydrogen (secondary N) is 1. The Bertz CT molecular complexity index is 524. The molecule has 1 unspecified atom stereocenters. The van der Waals surface area contributed by atoms with Gasteiger partial charge in [0.05, 0.1) is 13.2 Å². The minimum absolute atomic E-state index is 0.0793. The van der Waals surface area contributed by atoms with Gasteiger partial charge in [-0.15, -0.1) is 0 Å². The second kappa shape index (κ2) is 7.82. The van der Waals surface area contributed by atoms with Crippen molar-refractivity contribution >= 4 is 5.91 Å². The second-order valence-electron chi connectivity index (χ2n) is 6.68. The van der Waals surface area contributed by atoms with E-state index in [4.69, 9.17) is 4.74 Å². The lowest BCUT2D eigenvalue weighted by molar-refractivity contribution is -0.139. The van der Waals surface area contributed by atoms with Crippen molar-refractivity contribution in [2.24, 2.45) is 5.92 Å². The standard InChI is InChI=1S/C19H28N2O2/c1-23-18-11-7-6-10-16(18)17-14-20-12-13-21(17)19(22)15-8-4-2-3-5-9-15/h6-7,10-11,15,17,20H,2-5,8-9,12-14H2,1H3. The molecule has 3 rings (SSSR count). The van der Waals surface area contributed by atoms with Crippen LogP contribution in [0.1, 0.15) is 50.1 Å². The number of para-hydroxylation sites is 1. The minimum Gasteiger partial charge on any atom is -0.496 e. The lowest BCUT2D eigenvalue weighted by atomic mass is 9.95. The predicted molar refractivity (Wildman–Crippen MR) is 91.5 cm³/mol. The van der Waals surface area contributed by atoms with Crippen molar-refractivity contribution < 1.29 is 9.53 Å². The van der Waals surface area contributed by atoms with Crippen LogP contribution >= 0.6 is 0 Å². The summed E-state index contributed by atoms with van der Waals surface area (Å²) in [7, 11) is 1.70. The lowest BCUT2D eigenvalue weighted by Gasteiger charge is -2.39. The smallest absolute Gasteiger partial charge is 0.226 e. The summed E-state index contributed by atoms with van der Waals surface area (Å²) >= 11 is 0. The van der Waals surface area contributed by atoms with Gasteiger partial charge in [-0.3, -0.25) is 4.79 Å². The maximum absolute atomic E-state index is 13.1. The molecule has 1 heterocycles. The zero-order valence-electron chi connectivity index (χ0n) is 14.1. The largest absolute Gasteiger partial charge is 0.496 e. The molecule has 1 aliphatic heterocycles. The number of carbonyl (C=O) groups is 1.